The molecule has 0 amide bonds. The summed E-state index contributed by atoms with van der Waals surface area (Å²) in [5.74, 6) is -0.432. The van der Waals surface area contributed by atoms with Gasteiger partial charge in [0.15, 0.2) is 11.5 Å². The highest BCUT2D eigenvalue weighted by molar-refractivity contribution is 7.24. The lowest BCUT2D eigenvalue weighted by Crippen LogP contribution is -2.13. The average molecular weight is 510 g/mol. The van der Waals surface area contributed by atoms with Gasteiger partial charge >= 0.3 is 0 Å². The molecule has 8 bridgehead atoms. The number of aromatic amines is 2. The Morgan fingerprint density at radius 2 is 1.97 bits per heavy atom. The van der Waals surface area contributed by atoms with Crippen molar-refractivity contribution in [1.82, 2.24) is 34.7 Å². The Morgan fingerprint density at radius 1 is 1.08 bits per heavy atom. The summed E-state index contributed by atoms with van der Waals surface area (Å²) in [6.45, 7) is 4.01. The number of pyridine rings is 2. The molecule has 2 N–H and O–H groups in total. The van der Waals surface area contributed by atoms with E-state index in [4.69, 9.17) is 4.98 Å². The van der Waals surface area contributed by atoms with E-state index in [9.17, 15) is 4.79 Å². The van der Waals surface area contributed by atoms with Crippen molar-refractivity contribution in [2.45, 2.75) is 20.3 Å². The van der Waals surface area contributed by atoms with Crippen LogP contribution in [-0.2, 0) is 0 Å². The summed E-state index contributed by atoms with van der Waals surface area (Å²) in [6, 6.07) is 11.6. The van der Waals surface area contributed by atoms with Gasteiger partial charge < -0.3 is 4.98 Å². The highest BCUT2D eigenvalue weighted by Crippen LogP contribution is 2.31. The van der Waals surface area contributed by atoms with Crippen molar-refractivity contribution < 1.29 is 9.18 Å². The molecule has 10 heteroatoms. The molecule has 0 atom stereocenters. The molecule has 0 saturated carbocycles. The van der Waals surface area contributed by atoms with Gasteiger partial charge in [0.2, 0.25) is 5.91 Å². The molecule has 6 heterocycles. The van der Waals surface area contributed by atoms with Crippen LogP contribution >= 0.6 is 11.3 Å². The second-order valence-electron chi connectivity index (χ2n) is 9.47. The molecule has 0 aliphatic carbocycles. The summed E-state index contributed by atoms with van der Waals surface area (Å²) in [6.07, 6.45) is 5.08. The Bertz CT molecular complexity index is 2100. The second-order valence-corrected chi connectivity index (χ2v) is 10.5. The number of H-pyrrole nitrogens is 2. The van der Waals surface area contributed by atoms with E-state index >= 15 is 4.39 Å². The number of para-hydroxylation sites is 1. The fourth-order valence-corrected chi connectivity index (χ4v) is 5.87. The Kier molecular flexibility index (Phi) is 4.74. The highest BCUT2D eigenvalue weighted by Gasteiger charge is 2.17. The lowest BCUT2D eigenvalue weighted by Gasteiger charge is -2.09. The van der Waals surface area contributed by atoms with Crippen LogP contribution in [0.3, 0.4) is 0 Å². The van der Waals surface area contributed by atoms with Crippen LogP contribution in [0.5, 0.6) is 0 Å². The number of hydrogen-bond donors (Lipinski definition) is 2. The zero-order valence-corrected chi connectivity index (χ0v) is 20.7. The molecule has 7 aromatic rings. The number of imidazole rings is 1. The first-order valence-electron chi connectivity index (χ1n) is 11.9. The molecule has 1 aromatic carbocycles. The van der Waals surface area contributed by atoms with Crippen molar-refractivity contribution in [3.63, 3.8) is 0 Å². The number of rotatable bonds is 2. The van der Waals surface area contributed by atoms with Gasteiger partial charge in [0.25, 0.3) is 0 Å². The van der Waals surface area contributed by atoms with E-state index in [1.807, 2.05) is 44.2 Å². The fourth-order valence-electron chi connectivity index (χ4n) is 4.80. The zero-order valence-electron chi connectivity index (χ0n) is 19.9. The number of carbonyl (C=O) groups is 1. The standard InChI is InChI=1S/C27H20FN7OS/c1-13(2)8-20(36)35-15-9-14(10-29-11-15)24-23(28)22-18(12-30-24)33-34-26(22)27-31-17-5-3-4-16(25(17)32-27)19-6-7-21(35)37-19/h3-7,9-13H,8H2,1-2H3,(H,31,32)(H,33,34). The van der Waals surface area contributed by atoms with E-state index in [0.29, 0.717) is 34.0 Å². The molecule has 8 nitrogen and oxygen atoms in total. The van der Waals surface area contributed by atoms with Gasteiger partial charge in [-0.05, 0) is 30.2 Å². The van der Waals surface area contributed by atoms with Crippen LogP contribution < -0.4 is 0 Å². The number of nitrogens with zero attached hydrogens (tertiary/aromatic N) is 5. The fraction of sp³-hybridized carbons (Fsp3) is 0.148. The number of carbonyl (C=O) groups excluding carboxylic acids is 1. The van der Waals surface area contributed by atoms with E-state index in [0.717, 1.165) is 25.9 Å². The lowest BCUT2D eigenvalue weighted by atomic mass is 10.1. The molecule has 0 fully saturated rings. The first kappa shape index (κ1) is 21.8. The van der Waals surface area contributed by atoms with Gasteiger partial charge in [-0.25, -0.2) is 9.37 Å². The van der Waals surface area contributed by atoms with Crippen molar-refractivity contribution in [1.29, 1.82) is 0 Å². The molecule has 0 aliphatic heterocycles. The van der Waals surface area contributed by atoms with Gasteiger partial charge in [-0.2, -0.15) is 5.10 Å². The SMILES string of the molecule is CC(C)CC(=O)n1c2cncc(c2)c2ncc3[nH]nc(c4nc5c(cccc5c5ccc1s5)[nH]4)c3c2F. The highest BCUT2D eigenvalue weighted by atomic mass is 32.1. The summed E-state index contributed by atoms with van der Waals surface area (Å²) in [4.78, 5) is 31.1. The van der Waals surface area contributed by atoms with Crippen molar-refractivity contribution in [3.05, 3.63) is 60.8 Å². The molecular formula is C27H20FN7OS. The molecule has 37 heavy (non-hydrogen) atoms. The minimum absolute atomic E-state index is 0.0621. The quantitative estimate of drug-likeness (QED) is 0.271. The Morgan fingerprint density at radius 3 is 2.84 bits per heavy atom. The third kappa shape index (κ3) is 3.36. The van der Waals surface area contributed by atoms with E-state index in [1.165, 1.54) is 11.3 Å². The largest absolute Gasteiger partial charge is 0.337 e. The van der Waals surface area contributed by atoms with E-state index < -0.39 is 5.82 Å². The Labute approximate surface area is 212 Å². The van der Waals surface area contributed by atoms with Crippen LogP contribution in [0.2, 0.25) is 0 Å². The number of benzene rings is 1. The molecule has 182 valence electrons. The van der Waals surface area contributed by atoms with Crippen molar-refractivity contribution in [3.8, 4) is 0 Å². The van der Waals surface area contributed by atoms with Gasteiger partial charge in [-0.1, -0.05) is 26.0 Å². The predicted octanol–water partition coefficient (Wildman–Crippen LogP) is 6.65. The minimum Gasteiger partial charge on any atom is -0.337 e. The number of nitrogens with one attached hydrogen (secondary N) is 2. The Balaban J connectivity index is 1.76. The minimum atomic E-state index is -0.534. The van der Waals surface area contributed by atoms with Gasteiger partial charge in [0.05, 0.1) is 39.8 Å². The van der Waals surface area contributed by atoms with Gasteiger partial charge in [-0.15, -0.1) is 11.3 Å². The molecule has 0 aliphatic rings. The normalized spacial score (nSPS) is 12.1. The maximum Gasteiger partial charge on any atom is 0.232 e. The van der Waals surface area contributed by atoms with Crippen LogP contribution in [0.25, 0.3) is 64.4 Å². The third-order valence-electron chi connectivity index (χ3n) is 6.45. The number of fused-ring (bicyclic) bond motifs is 9. The smallest absolute Gasteiger partial charge is 0.232 e. The van der Waals surface area contributed by atoms with Crippen molar-refractivity contribution in [2.24, 2.45) is 5.92 Å². The zero-order chi connectivity index (χ0) is 25.3. The van der Waals surface area contributed by atoms with Gasteiger partial charge in [0, 0.05) is 28.1 Å². The monoisotopic (exact) mass is 509 g/mol. The molecule has 7 rings (SSSR count). The number of aromatic nitrogens is 7. The maximum atomic E-state index is 16.1. The summed E-state index contributed by atoms with van der Waals surface area (Å²) in [5, 5.41) is 8.91. The first-order chi connectivity index (χ1) is 18.0. The predicted molar refractivity (Wildman–Crippen MR) is 145 cm³/mol. The van der Waals surface area contributed by atoms with Crippen molar-refractivity contribution in [2.75, 3.05) is 0 Å². The van der Waals surface area contributed by atoms with Gasteiger partial charge in [0.1, 0.15) is 15.9 Å². The summed E-state index contributed by atoms with van der Waals surface area (Å²) < 4.78 is 18.7. The third-order valence-corrected chi connectivity index (χ3v) is 7.55. The van der Waals surface area contributed by atoms with Crippen LogP contribution in [0.1, 0.15) is 25.1 Å². The van der Waals surface area contributed by atoms with Crippen LogP contribution in [0.4, 0.5) is 4.39 Å². The molecule has 0 unspecified atom stereocenters. The topological polar surface area (TPSA) is 105 Å². The van der Waals surface area contributed by atoms with E-state index in [2.05, 4.69) is 25.1 Å². The summed E-state index contributed by atoms with van der Waals surface area (Å²) in [5.41, 5.74) is 3.52. The lowest BCUT2D eigenvalue weighted by molar-refractivity contribution is 0.0897. The first-order valence-corrected chi connectivity index (χ1v) is 12.7. The number of hydrogen-bond acceptors (Lipinski definition) is 6. The van der Waals surface area contributed by atoms with E-state index in [1.54, 1.807) is 29.2 Å². The molecular weight excluding hydrogens is 489 g/mol. The maximum absolute atomic E-state index is 16.1. The molecule has 6 aromatic heterocycles. The molecule has 0 radical (unpaired) electrons. The van der Waals surface area contributed by atoms with Crippen LogP contribution in [0.15, 0.2) is 55.0 Å². The number of halogens is 1. The molecule has 0 spiro atoms. The molecule has 0 saturated heterocycles. The van der Waals surface area contributed by atoms with Gasteiger partial charge in [-0.3, -0.25) is 24.4 Å². The van der Waals surface area contributed by atoms with E-state index in [-0.39, 0.29) is 22.7 Å². The van der Waals surface area contributed by atoms with Crippen LogP contribution in [0, 0.1) is 11.7 Å². The Hall–Kier alpha value is -4.44. The second kappa shape index (κ2) is 8.04. The average Bonchev–Trinajstić information content (AvgIpc) is 3.61. The van der Waals surface area contributed by atoms with Crippen molar-refractivity contribution >= 4 is 81.7 Å². The number of thiophene rings is 1. The summed E-state index contributed by atoms with van der Waals surface area (Å²) >= 11 is 1.50. The summed E-state index contributed by atoms with van der Waals surface area (Å²) in [7, 11) is 0. The van der Waals surface area contributed by atoms with Crippen LogP contribution in [-0.4, -0.2) is 40.6 Å².